The molecule has 6 nitrogen and oxygen atoms in total. The van der Waals surface area contributed by atoms with Crippen LogP contribution in [0, 0.1) is 0 Å². The van der Waals surface area contributed by atoms with Crippen molar-refractivity contribution in [3.63, 3.8) is 0 Å². The number of rotatable bonds is 1. The third kappa shape index (κ3) is 6.08. The fourth-order valence-corrected chi connectivity index (χ4v) is 2.43. The Hall–Kier alpha value is -1.52. The molecule has 2 aromatic rings. The summed E-state index contributed by atoms with van der Waals surface area (Å²) in [6.07, 6.45) is 0. The minimum absolute atomic E-state index is 0.343. The zero-order valence-electron chi connectivity index (χ0n) is 11.5. The standard InChI is InChI=1S/C12H10.C2H4O6P2/c1-3-7-11(8-4-1)12-9-5-2-6-10-12;3-9-5-1-6-10(4)8-2-7-9/h1-10H;1-2H2/q;+2. The van der Waals surface area contributed by atoms with Gasteiger partial charge in [0.25, 0.3) is 13.6 Å². The summed E-state index contributed by atoms with van der Waals surface area (Å²) in [5.74, 6) is 0. The molecular weight excluding hydrogens is 326 g/mol. The van der Waals surface area contributed by atoms with Gasteiger partial charge in [0.15, 0.2) is 0 Å². The van der Waals surface area contributed by atoms with E-state index < -0.39 is 16.5 Å². The highest BCUT2D eigenvalue weighted by Gasteiger charge is 2.32. The first-order valence-electron chi connectivity index (χ1n) is 6.32. The van der Waals surface area contributed by atoms with E-state index in [1.807, 2.05) is 12.1 Å². The molecule has 0 N–H and O–H groups in total. The average molecular weight is 340 g/mol. The van der Waals surface area contributed by atoms with Crippen LogP contribution in [0.1, 0.15) is 0 Å². The molecule has 1 aliphatic rings. The van der Waals surface area contributed by atoms with Gasteiger partial charge in [-0.05, 0) is 11.1 Å². The molecule has 3 rings (SSSR count). The van der Waals surface area contributed by atoms with Crippen LogP contribution in [0.5, 0.6) is 0 Å². The molecule has 1 saturated heterocycles. The second-order valence-corrected chi connectivity index (χ2v) is 5.86. The summed E-state index contributed by atoms with van der Waals surface area (Å²) >= 11 is 0. The number of benzene rings is 2. The summed E-state index contributed by atoms with van der Waals surface area (Å²) in [4.78, 5) is 0. The highest BCUT2D eigenvalue weighted by Crippen LogP contribution is 2.33. The lowest BCUT2D eigenvalue weighted by atomic mass is 10.1. The van der Waals surface area contributed by atoms with Crippen LogP contribution in [-0.2, 0) is 27.2 Å². The molecule has 0 aliphatic carbocycles. The van der Waals surface area contributed by atoms with Gasteiger partial charge in [-0.1, -0.05) is 78.8 Å². The van der Waals surface area contributed by atoms with Crippen molar-refractivity contribution in [1.82, 2.24) is 0 Å². The molecule has 1 aliphatic heterocycles. The lowest BCUT2D eigenvalue weighted by molar-refractivity contribution is 0.0276. The van der Waals surface area contributed by atoms with Crippen molar-refractivity contribution in [2.24, 2.45) is 0 Å². The largest absolute Gasteiger partial charge is 0.702 e. The van der Waals surface area contributed by atoms with Gasteiger partial charge in [0.2, 0.25) is 0 Å². The molecule has 1 fully saturated rings. The fourth-order valence-electron chi connectivity index (χ4n) is 1.56. The van der Waals surface area contributed by atoms with Crippen molar-refractivity contribution in [2.75, 3.05) is 13.6 Å². The smallest absolute Gasteiger partial charge is 0.0850 e. The van der Waals surface area contributed by atoms with Crippen LogP contribution in [-0.4, -0.2) is 13.6 Å². The molecule has 0 aromatic heterocycles. The third-order valence-corrected chi connectivity index (χ3v) is 3.78. The van der Waals surface area contributed by atoms with E-state index in [0.29, 0.717) is 0 Å². The summed E-state index contributed by atoms with van der Waals surface area (Å²) in [7, 11) is -4.37. The highest BCUT2D eigenvalue weighted by molar-refractivity contribution is 7.34. The van der Waals surface area contributed by atoms with Crippen LogP contribution < -0.4 is 0 Å². The van der Waals surface area contributed by atoms with E-state index in [2.05, 4.69) is 66.6 Å². The SMILES string of the molecule is O=[P+]1OCO[P+](=O)OCO1.c1ccc(-c2ccccc2)cc1. The normalized spacial score (nSPS) is 18.5. The van der Waals surface area contributed by atoms with Crippen LogP contribution in [0.4, 0.5) is 0 Å². The second-order valence-electron chi connectivity index (χ2n) is 3.93. The molecular formula is C14H14O6P2+2. The fraction of sp³-hybridized carbons (Fsp3) is 0.143. The Morgan fingerprint density at radius 1 is 0.591 bits per heavy atom. The predicted octanol–water partition coefficient (Wildman–Crippen LogP) is 4.65. The molecule has 2 aromatic carbocycles. The Balaban J connectivity index is 0.000000164. The Bertz CT molecular complexity index is 538. The molecule has 0 saturated carbocycles. The Labute approximate surface area is 129 Å². The Morgan fingerprint density at radius 3 is 1.23 bits per heavy atom. The van der Waals surface area contributed by atoms with E-state index in [4.69, 9.17) is 0 Å². The topological polar surface area (TPSA) is 71.1 Å². The van der Waals surface area contributed by atoms with E-state index in [1.165, 1.54) is 11.1 Å². The zero-order chi connectivity index (χ0) is 15.6. The zero-order valence-corrected chi connectivity index (χ0v) is 13.3. The van der Waals surface area contributed by atoms with Crippen LogP contribution in [0.25, 0.3) is 11.1 Å². The number of hydrogen-bond acceptors (Lipinski definition) is 6. The lowest BCUT2D eigenvalue weighted by Gasteiger charge is -1.98. The molecule has 0 unspecified atom stereocenters. The first kappa shape index (κ1) is 16.8. The molecule has 0 atom stereocenters. The summed E-state index contributed by atoms with van der Waals surface area (Å²) in [6, 6.07) is 20.8. The quantitative estimate of drug-likeness (QED) is 0.704. The minimum atomic E-state index is -2.18. The molecule has 22 heavy (non-hydrogen) atoms. The second kappa shape index (κ2) is 9.49. The van der Waals surface area contributed by atoms with Gasteiger partial charge in [0.1, 0.15) is 0 Å². The van der Waals surface area contributed by atoms with Gasteiger partial charge >= 0.3 is 16.5 Å². The van der Waals surface area contributed by atoms with Gasteiger partial charge in [-0.3, -0.25) is 0 Å². The summed E-state index contributed by atoms with van der Waals surface area (Å²) in [6.45, 7) is -0.686. The van der Waals surface area contributed by atoms with Crippen LogP contribution in [0.3, 0.4) is 0 Å². The van der Waals surface area contributed by atoms with Crippen molar-refractivity contribution in [2.45, 2.75) is 0 Å². The Morgan fingerprint density at radius 2 is 0.909 bits per heavy atom. The van der Waals surface area contributed by atoms with Gasteiger partial charge in [0.05, 0.1) is 0 Å². The molecule has 0 bridgehead atoms. The molecule has 0 spiro atoms. The van der Waals surface area contributed by atoms with Gasteiger partial charge in [-0.2, -0.15) is 0 Å². The highest BCUT2D eigenvalue weighted by atomic mass is 31.1. The molecule has 8 heteroatoms. The lowest BCUT2D eigenvalue weighted by Crippen LogP contribution is -1.97. The maximum Gasteiger partial charge on any atom is 0.702 e. The van der Waals surface area contributed by atoms with E-state index in [9.17, 15) is 9.13 Å². The Kier molecular flexibility index (Phi) is 7.26. The molecule has 1 heterocycles. The monoisotopic (exact) mass is 340 g/mol. The van der Waals surface area contributed by atoms with Crippen LogP contribution in [0.15, 0.2) is 60.7 Å². The third-order valence-electron chi connectivity index (χ3n) is 2.51. The molecule has 0 amide bonds. The van der Waals surface area contributed by atoms with Crippen molar-refractivity contribution in [3.8, 4) is 11.1 Å². The van der Waals surface area contributed by atoms with Crippen molar-refractivity contribution < 1.29 is 27.2 Å². The van der Waals surface area contributed by atoms with E-state index in [0.717, 1.165) is 0 Å². The minimum Gasteiger partial charge on any atom is -0.0850 e. The number of hydrogen-bond donors (Lipinski definition) is 0. The van der Waals surface area contributed by atoms with Gasteiger partial charge in [-0.25, -0.2) is 0 Å². The molecule has 114 valence electrons. The first-order chi connectivity index (χ1) is 10.8. The maximum absolute atomic E-state index is 10.4. The molecule has 0 radical (unpaired) electrons. The maximum atomic E-state index is 10.4. The van der Waals surface area contributed by atoms with Gasteiger partial charge in [0, 0.05) is 9.13 Å². The predicted molar refractivity (Wildman–Crippen MR) is 81.2 cm³/mol. The first-order valence-corrected chi connectivity index (χ1v) is 8.51. The summed E-state index contributed by atoms with van der Waals surface area (Å²) < 4.78 is 38.2. The van der Waals surface area contributed by atoms with E-state index in [-0.39, 0.29) is 13.6 Å². The van der Waals surface area contributed by atoms with Crippen LogP contribution in [0.2, 0.25) is 0 Å². The summed E-state index contributed by atoms with van der Waals surface area (Å²) in [5, 5.41) is 0. The van der Waals surface area contributed by atoms with Crippen LogP contribution >= 0.6 is 16.5 Å². The summed E-state index contributed by atoms with van der Waals surface area (Å²) in [5.41, 5.74) is 2.55. The average Bonchev–Trinajstić information content (AvgIpc) is 2.55. The van der Waals surface area contributed by atoms with E-state index >= 15 is 0 Å². The van der Waals surface area contributed by atoms with Gasteiger partial charge in [-0.15, -0.1) is 0 Å². The van der Waals surface area contributed by atoms with Crippen molar-refractivity contribution in [3.05, 3.63) is 60.7 Å². The van der Waals surface area contributed by atoms with Gasteiger partial charge < -0.3 is 0 Å². The van der Waals surface area contributed by atoms with Crippen molar-refractivity contribution >= 4 is 16.5 Å². The van der Waals surface area contributed by atoms with E-state index in [1.54, 1.807) is 0 Å². The van der Waals surface area contributed by atoms with Crippen molar-refractivity contribution in [1.29, 1.82) is 0 Å².